The van der Waals surface area contributed by atoms with Crippen LogP contribution in [0.15, 0.2) is 0 Å². The first-order valence-corrected chi connectivity index (χ1v) is 5.48. The number of nitrogens with one attached hydrogen (secondary N) is 1. The lowest BCUT2D eigenvalue weighted by Crippen LogP contribution is -2.38. The fourth-order valence-corrected chi connectivity index (χ4v) is 1.67. The zero-order valence-electron chi connectivity index (χ0n) is 10.2. The second kappa shape index (κ2) is 4.84. The van der Waals surface area contributed by atoms with Gasteiger partial charge in [0.25, 0.3) is 0 Å². The number of ether oxygens (including phenoxy) is 1. The molecular formula is C11H22N2O2. The van der Waals surface area contributed by atoms with Gasteiger partial charge in [0.2, 0.25) is 0 Å². The Kier molecular flexibility index (Phi) is 3.97. The predicted molar refractivity (Wildman–Crippen MR) is 59.8 cm³/mol. The molecule has 0 aromatic heterocycles. The third-order valence-electron chi connectivity index (χ3n) is 2.54. The summed E-state index contributed by atoms with van der Waals surface area (Å²) in [4.78, 5) is 13.0. The normalized spacial score (nSPS) is 21.9. The van der Waals surface area contributed by atoms with Gasteiger partial charge in [0, 0.05) is 25.7 Å². The van der Waals surface area contributed by atoms with Crippen LogP contribution in [0.5, 0.6) is 0 Å². The predicted octanol–water partition coefficient (Wildman–Crippen LogP) is 1.46. The van der Waals surface area contributed by atoms with Gasteiger partial charge in [0.05, 0.1) is 7.11 Å². The van der Waals surface area contributed by atoms with Gasteiger partial charge in [-0.2, -0.15) is 0 Å². The van der Waals surface area contributed by atoms with Crippen molar-refractivity contribution in [3.63, 3.8) is 0 Å². The van der Waals surface area contributed by atoms with E-state index in [1.807, 2.05) is 0 Å². The topological polar surface area (TPSA) is 41.6 Å². The van der Waals surface area contributed by atoms with E-state index in [9.17, 15) is 4.79 Å². The molecule has 0 aromatic carbocycles. The highest BCUT2D eigenvalue weighted by Gasteiger charge is 2.27. The van der Waals surface area contributed by atoms with Gasteiger partial charge in [-0.05, 0) is 11.8 Å². The van der Waals surface area contributed by atoms with Crippen LogP contribution in [0, 0.1) is 5.41 Å². The Morgan fingerprint density at radius 1 is 1.53 bits per heavy atom. The number of hydrogen-bond acceptors (Lipinski definition) is 3. The molecule has 1 aliphatic rings. The molecule has 1 N–H and O–H groups in total. The third-order valence-corrected chi connectivity index (χ3v) is 2.54. The quantitative estimate of drug-likeness (QED) is 0.756. The van der Waals surface area contributed by atoms with Gasteiger partial charge in [0.15, 0.2) is 0 Å². The van der Waals surface area contributed by atoms with Crippen LogP contribution < -0.4 is 5.32 Å². The van der Waals surface area contributed by atoms with E-state index in [2.05, 4.69) is 30.8 Å². The minimum absolute atomic E-state index is 0.213. The number of amides is 1. The Morgan fingerprint density at radius 2 is 2.20 bits per heavy atom. The molecule has 0 aliphatic carbocycles. The summed E-state index contributed by atoms with van der Waals surface area (Å²) in [6.45, 7) is 9.15. The summed E-state index contributed by atoms with van der Waals surface area (Å²) in [6.07, 6.45) is 0.806. The number of methoxy groups -OCH3 is 1. The maximum absolute atomic E-state index is 11.2. The monoisotopic (exact) mass is 214 g/mol. The maximum atomic E-state index is 11.2. The van der Waals surface area contributed by atoms with E-state index in [1.165, 1.54) is 7.11 Å². The second-order valence-electron chi connectivity index (χ2n) is 5.34. The fraction of sp³-hybridized carbons (Fsp3) is 0.909. The molecule has 1 amide bonds. The fourth-order valence-electron chi connectivity index (χ4n) is 1.67. The van der Waals surface area contributed by atoms with Gasteiger partial charge in [-0.15, -0.1) is 0 Å². The van der Waals surface area contributed by atoms with Crippen LogP contribution in [0.4, 0.5) is 4.79 Å². The van der Waals surface area contributed by atoms with Gasteiger partial charge in [0.1, 0.15) is 0 Å². The number of carbonyl (C=O) groups is 1. The van der Waals surface area contributed by atoms with Crippen LogP contribution in [-0.4, -0.2) is 43.8 Å². The van der Waals surface area contributed by atoms with Crippen molar-refractivity contribution in [3.05, 3.63) is 0 Å². The van der Waals surface area contributed by atoms with Crippen molar-refractivity contribution < 1.29 is 9.53 Å². The molecule has 1 fully saturated rings. The first-order valence-electron chi connectivity index (χ1n) is 5.48. The summed E-state index contributed by atoms with van der Waals surface area (Å²) in [6, 6.07) is 0.420. The summed E-state index contributed by atoms with van der Waals surface area (Å²) >= 11 is 0. The van der Waals surface area contributed by atoms with Crippen molar-refractivity contribution in [2.24, 2.45) is 5.41 Å². The van der Waals surface area contributed by atoms with E-state index in [1.54, 1.807) is 4.90 Å². The number of hydrogen-bond donors (Lipinski definition) is 1. The lowest BCUT2D eigenvalue weighted by molar-refractivity contribution is 0.132. The van der Waals surface area contributed by atoms with Crippen LogP contribution in [0.1, 0.15) is 27.2 Å². The van der Waals surface area contributed by atoms with E-state index in [-0.39, 0.29) is 6.09 Å². The Bertz CT molecular complexity index is 223. The number of likely N-dealkylation sites (tertiary alicyclic amines) is 1. The molecule has 0 unspecified atom stereocenters. The molecule has 0 aromatic rings. The smallest absolute Gasteiger partial charge is 0.409 e. The van der Waals surface area contributed by atoms with Crippen LogP contribution >= 0.6 is 0 Å². The average molecular weight is 214 g/mol. The summed E-state index contributed by atoms with van der Waals surface area (Å²) in [5, 5.41) is 3.48. The van der Waals surface area contributed by atoms with Crippen molar-refractivity contribution in [2.75, 3.05) is 26.7 Å². The van der Waals surface area contributed by atoms with E-state index in [0.717, 1.165) is 26.1 Å². The molecule has 0 radical (unpaired) electrons. The maximum Gasteiger partial charge on any atom is 0.409 e. The van der Waals surface area contributed by atoms with Crippen molar-refractivity contribution in [1.82, 2.24) is 10.2 Å². The van der Waals surface area contributed by atoms with Crippen molar-refractivity contribution in [1.29, 1.82) is 0 Å². The molecule has 0 bridgehead atoms. The summed E-state index contributed by atoms with van der Waals surface area (Å²) in [5.74, 6) is 0. The van der Waals surface area contributed by atoms with Gasteiger partial charge < -0.3 is 15.0 Å². The molecule has 1 heterocycles. The van der Waals surface area contributed by atoms with E-state index < -0.39 is 0 Å². The minimum Gasteiger partial charge on any atom is -0.453 e. The Labute approximate surface area is 92.0 Å². The SMILES string of the molecule is COC(=O)N1CC[C@H](NCC(C)(C)C)C1. The summed E-state index contributed by atoms with van der Waals surface area (Å²) in [5.41, 5.74) is 0.290. The van der Waals surface area contributed by atoms with Crippen LogP contribution in [0.25, 0.3) is 0 Å². The molecule has 1 aliphatic heterocycles. The highest BCUT2D eigenvalue weighted by Crippen LogP contribution is 2.14. The van der Waals surface area contributed by atoms with Gasteiger partial charge in [-0.25, -0.2) is 4.79 Å². The summed E-state index contributed by atoms with van der Waals surface area (Å²) in [7, 11) is 1.43. The lowest BCUT2D eigenvalue weighted by atomic mass is 9.96. The van der Waals surface area contributed by atoms with Gasteiger partial charge >= 0.3 is 6.09 Å². The molecule has 0 spiro atoms. The average Bonchev–Trinajstić information content (AvgIpc) is 2.61. The second-order valence-corrected chi connectivity index (χ2v) is 5.34. The van der Waals surface area contributed by atoms with Crippen molar-refractivity contribution in [3.8, 4) is 0 Å². The van der Waals surface area contributed by atoms with E-state index in [4.69, 9.17) is 0 Å². The molecule has 15 heavy (non-hydrogen) atoms. The Balaban J connectivity index is 2.28. The third kappa shape index (κ3) is 4.08. The van der Waals surface area contributed by atoms with Crippen molar-refractivity contribution in [2.45, 2.75) is 33.2 Å². The minimum atomic E-state index is -0.213. The highest BCUT2D eigenvalue weighted by molar-refractivity contribution is 5.67. The van der Waals surface area contributed by atoms with Crippen LogP contribution in [0.2, 0.25) is 0 Å². The van der Waals surface area contributed by atoms with Crippen molar-refractivity contribution >= 4 is 6.09 Å². The lowest BCUT2D eigenvalue weighted by Gasteiger charge is -2.22. The van der Waals surface area contributed by atoms with Gasteiger partial charge in [-0.1, -0.05) is 20.8 Å². The largest absolute Gasteiger partial charge is 0.453 e. The van der Waals surface area contributed by atoms with Crippen LogP contribution in [-0.2, 0) is 4.74 Å². The van der Waals surface area contributed by atoms with E-state index in [0.29, 0.717) is 11.5 Å². The standard InChI is InChI=1S/C11H22N2O2/c1-11(2,3)8-12-9-5-6-13(7-9)10(14)15-4/h9,12H,5-8H2,1-4H3/t9-/m0/s1. The first-order chi connectivity index (χ1) is 6.92. The van der Waals surface area contributed by atoms with Gasteiger partial charge in [-0.3, -0.25) is 0 Å². The molecule has 1 saturated heterocycles. The molecule has 4 nitrogen and oxygen atoms in total. The number of nitrogens with zero attached hydrogens (tertiary/aromatic N) is 1. The highest BCUT2D eigenvalue weighted by atomic mass is 16.5. The van der Waals surface area contributed by atoms with Crippen LogP contribution in [0.3, 0.4) is 0 Å². The zero-order valence-corrected chi connectivity index (χ0v) is 10.2. The molecular weight excluding hydrogens is 192 g/mol. The van der Waals surface area contributed by atoms with E-state index >= 15 is 0 Å². The Morgan fingerprint density at radius 3 is 2.73 bits per heavy atom. The number of carbonyl (C=O) groups excluding carboxylic acids is 1. The first kappa shape index (κ1) is 12.3. The Hall–Kier alpha value is -0.770. The molecule has 88 valence electrons. The molecule has 0 saturated carbocycles. The molecule has 1 rings (SSSR count). The molecule has 4 heteroatoms. The zero-order chi connectivity index (χ0) is 11.5. The summed E-state index contributed by atoms with van der Waals surface area (Å²) < 4.78 is 4.69. The number of rotatable bonds is 2. The molecule has 1 atom stereocenters.